The van der Waals surface area contributed by atoms with Crippen molar-refractivity contribution < 1.29 is 33.7 Å². The molecule has 0 aromatic heterocycles. The summed E-state index contributed by atoms with van der Waals surface area (Å²) in [4.78, 5) is 24.1. The van der Waals surface area contributed by atoms with Crippen LogP contribution in [0.3, 0.4) is 0 Å². The third-order valence-corrected chi connectivity index (χ3v) is 3.99. The van der Waals surface area contributed by atoms with E-state index >= 15 is 0 Å². The maximum absolute atomic E-state index is 14.3. The molecule has 114 valence electrons. The van der Waals surface area contributed by atoms with Crippen LogP contribution in [-0.2, 0) is 14.3 Å². The molecule has 0 aromatic rings. The van der Waals surface area contributed by atoms with E-state index in [0.717, 1.165) is 12.0 Å². The van der Waals surface area contributed by atoms with Gasteiger partial charge < -0.3 is 19.7 Å². The van der Waals surface area contributed by atoms with E-state index in [1.54, 1.807) is 0 Å². The lowest BCUT2D eigenvalue weighted by Crippen LogP contribution is -2.68. The van der Waals surface area contributed by atoms with Crippen molar-refractivity contribution in [3.05, 3.63) is 0 Å². The van der Waals surface area contributed by atoms with E-state index in [1.807, 2.05) is 5.32 Å². The number of halogens is 2. The summed E-state index contributed by atoms with van der Waals surface area (Å²) in [5.41, 5.74) is 0. The Balaban J connectivity index is 2.25. The Hall–Kier alpha value is -0.810. The van der Waals surface area contributed by atoms with Crippen molar-refractivity contribution in [3.63, 3.8) is 0 Å². The maximum Gasteiger partial charge on any atom is 0.328 e. The molecule has 0 unspecified atom stereocenters. The van der Waals surface area contributed by atoms with Crippen LogP contribution in [-0.4, -0.2) is 70.0 Å². The van der Waals surface area contributed by atoms with Crippen LogP contribution >= 0.6 is 15.9 Å². The van der Waals surface area contributed by atoms with Crippen molar-refractivity contribution in [2.24, 2.45) is 0 Å². The average molecular weight is 357 g/mol. The van der Waals surface area contributed by atoms with Crippen molar-refractivity contribution in [2.75, 3.05) is 13.7 Å². The summed E-state index contributed by atoms with van der Waals surface area (Å²) in [5, 5.41) is 20.5. The Bertz CT molecular complexity index is 423. The number of ether oxygens (including phenoxy) is 2. The highest BCUT2D eigenvalue weighted by atomic mass is 79.9. The van der Waals surface area contributed by atoms with Crippen molar-refractivity contribution in [1.82, 2.24) is 10.2 Å². The second kappa shape index (κ2) is 5.53. The highest BCUT2D eigenvalue weighted by molar-refractivity contribution is 9.10. The summed E-state index contributed by atoms with van der Waals surface area (Å²) in [5.74, 6) is -1.18. The number of urea groups is 1. The summed E-state index contributed by atoms with van der Waals surface area (Å²) < 4.78 is 21.8. The van der Waals surface area contributed by atoms with Crippen LogP contribution < -0.4 is 5.32 Å². The Morgan fingerprint density at radius 2 is 2.30 bits per heavy atom. The minimum atomic E-state index is -2.64. The molecule has 0 aromatic carbocycles. The Morgan fingerprint density at radius 3 is 2.80 bits per heavy atom. The number of alkyl halides is 2. The van der Waals surface area contributed by atoms with Gasteiger partial charge in [0.1, 0.15) is 12.3 Å². The van der Waals surface area contributed by atoms with Gasteiger partial charge >= 0.3 is 6.03 Å². The first-order valence-electron chi connectivity index (χ1n) is 5.81. The zero-order valence-electron chi connectivity index (χ0n) is 10.5. The van der Waals surface area contributed by atoms with Gasteiger partial charge in [-0.2, -0.15) is 0 Å². The molecule has 8 nitrogen and oxygen atoms in total. The van der Waals surface area contributed by atoms with Crippen molar-refractivity contribution >= 4 is 27.9 Å². The predicted octanol–water partition coefficient (Wildman–Crippen LogP) is -0.960. The van der Waals surface area contributed by atoms with Gasteiger partial charge in [0.15, 0.2) is 6.23 Å². The lowest BCUT2D eigenvalue weighted by molar-refractivity contribution is -0.169. The molecule has 2 aliphatic heterocycles. The quantitative estimate of drug-likeness (QED) is 0.562. The molecule has 2 fully saturated rings. The van der Waals surface area contributed by atoms with E-state index in [0.29, 0.717) is 0 Å². The molecule has 20 heavy (non-hydrogen) atoms. The topological polar surface area (TPSA) is 108 Å². The van der Waals surface area contributed by atoms with Gasteiger partial charge in [0.2, 0.25) is 0 Å². The molecule has 2 saturated heterocycles. The number of aliphatic hydroxyl groups is 2. The van der Waals surface area contributed by atoms with Gasteiger partial charge in [0, 0.05) is 13.5 Å². The number of hydrogen-bond acceptors (Lipinski definition) is 6. The molecule has 0 radical (unpaired) electrons. The summed E-state index contributed by atoms with van der Waals surface area (Å²) in [7, 11) is 1.13. The molecule has 2 rings (SSSR count). The SMILES string of the molecule is CO[C@H]1N([C@@H]2C[C@H](O)[C@H](CO)O2)C(=O)NC(=O)[C@@]1(F)Br. The minimum absolute atomic E-state index is 0.0320. The monoisotopic (exact) mass is 356 g/mol. The molecule has 3 N–H and O–H groups in total. The number of aliphatic hydroxyl groups excluding tert-OH is 2. The zero-order chi connectivity index (χ0) is 15.1. The van der Waals surface area contributed by atoms with Gasteiger partial charge in [-0.05, 0) is 15.9 Å². The molecule has 0 bridgehead atoms. The molecule has 2 aliphatic rings. The van der Waals surface area contributed by atoms with Gasteiger partial charge in [-0.1, -0.05) is 0 Å². The van der Waals surface area contributed by atoms with Crippen molar-refractivity contribution in [1.29, 1.82) is 0 Å². The normalized spacial score (nSPS) is 42.0. The molecular formula is C10H14BrFN2O6. The number of rotatable bonds is 3. The second-order valence-electron chi connectivity index (χ2n) is 4.49. The Labute approximate surface area is 121 Å². The van der Waals surface area contributed by atoms with Crippen LogP contribution in [0.5, 0.6) is 0 Å². The first kappa shape index (κ1) is 15.6. The molecule has 10 heteroatoms. The number of carbonyl (C=O) groups excluding carboxylic acids is 2. The highest BCUT2D eigenvalue weighted by Crippen LogP contribution is 2.36. The summed E-state index contributed by atoms with van der Waals surface area (Å²) in [6.45, 7) is -0.446. The van der Waals surface area contributed by atoms with Crippen molar-refractivity contribution in [2.45, 2.75) is 35.7 Å². The van der Waals surface area contributed by atoms with Gasteiger partial charge in [-0.3, -0.25) is 15.0 Å². The summed E-state index contributed by atoms with van der Waals surface area (Å²) in [6, 6.07) is -0.898. The van der Waals surface area contributed by atoms with Gasteiger partial charge in [-0.25, -0.2) is 9.18 Å². The maximum atomic E-state index is 14.3. The number of nitrogens with one attached hydrogen (secondary N) is 1. The average Bonchev–Trinajstić information content (AvgIpc) is 2.74. The number of carbonyl (C=O) groups is 2. The molecule has 0 saturated carbocycles. The fraction of sp³-hybridized carbons (Fsp3) is 0.800. The van der Waals surface area contributed by atoms with Gasteiger partial charge in [0.05, 0.1) is 12.7 Å². The number of amides is 3. The number of imide groups is 1. The fourth-order valence-electron chi connectivity index (χ4n) is 2.23. The van der Waals surface area contributed by atoms with E-state index in [2.05, 4.69) is 15.9 Å². The molecule has 0 spiro atoms. The Kier molecular flexibility index (Phi) is 4.30. The van der Waals surface area contributed by atoms with Gasteiger partial charge in [0.25, 0.3) is 10.5 Å². The molecule has 2 heterocycles. The predicted molar refractivity (Wildman–Crippen MR) is 65.3 cm³/mol. The zero-order valence-corrected chi connectivity index (χ0v) is 12.0. The van der Waals surface area contributed by atoms with Crippen molar-refractivity contribution in [3.8, 4) is 0 Å². The largest absolute Gasteiger partial charge is 0.394 e. The molecular weight excluding hydrogens is 343 g/mol. The third kappa shape index (κ3) is 2.42. The highest BCUT2D eigenvalue weighted by Gasteiger charge is 2.57. The summed E-state index contributed by atoms with van der Waals surface area (Å²) in [6.07, 6.45) is -4.49. The first-order chi connectivity index (χ1) is 9.32. The van der Waals surface area contributed by atoms with Crippen LogP contribution in [0.4, 0.5) is 9.18 Å². The molecule has 5 atom stereocenters. The van der Waals surface area contributed by atoms with Gasteiger partial charge in [-0.15, -0.1) is 0 Å². The molecule has 0 aliphatic carbocycles. The number of methoxy groups -OCH3 is 1. The van der Waals surface area contributed by atoms with E-state index in [1.165, 1.54) is 0 Å². The number of nitrogens with zero attached hydrogens (tertiary/aromatic N) is 1. The lowest BCUT2D eigenvalue weighted by Gasteiger charge is -2.42. The smallest absolute Gasteiger partial charge is 0.328 e. The summed E-state index contributed by atoms with van der Waals surface area (Å²) >= 11 is 2.58. The van der Waals surface area contributed by atoms with Crippen LogP contribution in [0.2, 0.25) is 0 Å². The minimum Gasteiger partial charge on any atom is -0.394 e. The van der Waals surface area contributed by atoms with Crippen LogP contribution in [0.15, 0.2) is 0 Å². The lowest BCUT2D eigenvalue weighted by atomic mass is 10.1. The second-order valence-corrected chi connectivity index (χ2v) is 5.65. The fourth-order valence-corrected chi connectivity index (χ4v) is 2.74. The van der Waals surface area contributed by atoms with Crippen LogP contribution in [0.25, 0.3) is 0 Å². The van der Waals surface area contributed by atoms with Crippen LogP contribution in [0, 0.1) is 0 Å². The van der Waals surface area contributed by atoms with E-state index in [-0.39, 0.29) is 6.42 Å². The Morgan fingerprint density at radius 1 is 1.65 bits per heavy atom. The standard InChI is InChI=1S/C10H14BrFN2O6/c1-19-8-10(11,12)7(17)13-9(18)14(8)6-2-4(16)5(3-15)20-6/h4-6,8,15-16H,2-3H2,1H3,(H,13,17,18)/t4-,5-,6-,8+,10-/m0/s1. The first-order valence-corrected chi connectivity index (χ1v) is 6.61. The molecule has 3 amide bonds. The third-order valence-electron chi connectivity index (χ3n) is 3.24. The van der Waals surface area contributed by atoms with E-state index in [4.69, 9.17) is 14.6 Å². The van der Waals surface area contributed by atoms with E-state index in [9.17, 15) is 19.1 Å². The van der Waals surface area contributed by atoms with E-state index < -0.39 is 47.8 Å². The van der Waals surface area contributed by atoms with Crippen LogP contribution in [0.1, 0.15) is 6.42 Å². The number of hydrogen-bond donors (Lipinski definition) is 3.